The van der Waals surface area contributed by atoms with Crippen molar-refractivity contribution in [2.24, 2.45) is 0 Å². The Bertz CT molecular complexity index is 505. The summed E-state index contributed by atoms with van der Waals surface area (Å²) in [5, 5.41) is 6.32. The summed E-state index contributed by atoms with van der Waals surface area (Å²) in [6.07, 6.45) is 3.15. The molecular formula is C14H20ClN3O2. The van der Waals surface area contributed by atoms with E-state index in [4.69, 9.17) is 16.3 Å². The van der Waals surface area contributed by atoms with Crippen LogP contribution in [0.15, 0.2) is 12.3 Å². The second-order valence-corrected chi connectivity index (χ2v) is 5.98. The van der Waals surface area contributed by atoms with E-state index in [9.17, 15) is 4.79 Å². The van der Waals surface area contributed by atoms with E-state index in [0.29, 0.717) is 23.0 Å². The fourth-order valence-electron chi connectivity index (χ4n) is 2.37. The highest BCUT2D eigenvalue weighted by atomic mass is 35.5. The molecule has 2 rings (SSSR count). The van der Waals surface area contributed by atoms with Gasteiger partial charge in [0.15, 0.2) is 0 Å². The molecule has 1 amide bonds. The van der Waals surface area contributed by atoms with Crippen molar-refractivity contribution in [3.05, 3.63) is 22.8 Å². The van der Waals surface area contributed by atoms with Gasteiger partial charge in [-0.3, -0.25) is 4.79 Å². The average molecular weight is 298 g/mol. The zero-order chi connectivity index (χ0) is 14.8. The Morgan fingerprint density at radius 3 is 2.90 bits per heavy atom. The summed E-state index contributed by atoms with van der Waals surface area (Å²) in [7, 11) is 1.73. The number of halogens is 1. The number of nitrogens with one attached hydrogen (secondary N) is 2. The number of anilines is 1. The number of pyridine rings is 1. The summed E-state index contributed by atoms with van der Waals surface area (Å²) in [4.78, 5) is 16.3. The molecule has 0 radical (unpaired) electrons. The Morgan fingerprint density at radius 1 is 1.55 bits per heavy atom. The molecule has 110 valence electrons. The molecule has 1 fully saturated rings. The van der Waals surface area contributed by atoms with E-state index in [1.807, 2.05) is 13.8 Å². The maximum Gasteiger partial charge on any atom is 0.253 e. The normalized spacial score (nSPS) is 21.3. The summed E-state index contributed by atoms with van der Waals surface area (Å²) >= 11 is 6.04. The van der Waals surface area contributed by atoms with Crippen molar-refractivity contribution in [1.82, 2.24) is 10.3 Å². The van der Waals surface area contributed by atoms with Crippen molar-refractivity contribution < 1.29 is 9.53 Å². The van der Waals surface area contributed by atoms with Gasteiger partial charge in [-0.2, -0.15) is 0 Å². The Balaban J connectivity index is 2.03. The third kappa shape index (κ3) is 3.61. The first kappa shape index (κ1) is 15.1. The van der Waals surface area contributed by atoms with Crippen LogP contribution in [0, 0.1) is 0 Å². The van der Waals surface area contributed by atoms with Crippen molar-refractivity contribution in [3.63, 3.8) is 0 Å². The molecule has 0 aromatic carbocycles. The smallest absolute Gasteiger partial charge is 0.253 e. The highest BCUT2D eigenvalue weighted by molar-refractivity contribution is 6.33. The molecule has 0 saturated carbocycles. The van der Waals surface area contributed by atoms with Crippen LogP contribution in [0.1, 0.15) is 37.0 Å². The Labute approximate surface area is 124 Å². The molecule has 0 aliphatic carbocycles. The van der Waals surface area contributed by atoms with E-state index in [1.165, 1.54) is 6.20 Å². The van der Waals surface area contributed by atoms with Crippen LogP contribution in [0.25, 0.3) is 0 Å². The third-order valence-corrected chi connectivity index (χ3v) is 3.66. The molecule has 1 aliphatic heterocycles. The summed E-state index contributed by atoms with van der Waals surface area (Å²) in [5.41, 5.74) is 0.278. The van der Waals surface area contributed by atoms with Gasteiger partial charge >= 0.3 is 0 Å². The molecule has 1 aromatic heterocycles. The molecule has 20 heavy (non-hydrogen) atoms. The number of aromatic nitrogens is 1. The average Bonchev–Trinajstić information content (AvgIpc) is 2.37. The topological polar surface area (TPSA) is 63.2 Å². The molecule has 2 N–H and O–H groups in total. The van der Waals surface area contributed by atoms with Crippen molar-refractivity contribution in [1.29, 1.82) is 0 Å². The third-order valence-electron chi connectivity index (χ3n) is 3.37. The fourth-order valence-corrected chi connectivity index (χ4v) is 2.63. The lowest BCUT2D eigenvalue weighted by atomic mass is 9.94. The largest absolute Gasteiger partial charge is 0.375 e. The van der Waals surface area contributed by atoms with Gasteiger partial charge in [-0.25, -0.2) is 4.98 Å². The van der Waals surface area contributed by atoms with Crippen LogP contribution >= 0.6 is 11.6 Å². The SMILES string of the molecule is CNc1ncc(C(=O)NC2CCOC(C)(C)C2)cc1Cl. The van der Waals surface area contributed by atoms with Gasteiger partial charge < -0.3 is 15.4 Å². The Kier molecular flexibility index (Phi) is 4.50. The summed E-state index contributed by atoms with van der Waals surface area (Å²) in [5.74, 6) is 0.417. The molecule has 1 saturated heterocycles. The van der Waals surface area contributed by atoms with Crippen LogP contribution in [-0.4, -0.2) is 36.2 Å². The van der Waals surface area contributed by atoms with Crippen LogP contribution in [-0.2, 0) is 4.74 Å². The molecule has 1 atom stereocenters. The van der Waals surface area contributed by atoms with E-state index in [0.717, 1.165) is 12.8 Å². The summed E-state index contributed by atoms with van der Waals surface area (Å²) in [6.45, 7) is 4.73. The molecule has 1 aliphatic rings. The van der Waals surface area contributed by atoms with Gasteiger partial charge in [-0.15, -0.1) is 0 Å². The van der Waals surface area contributed by atoms with Gasteiger partial charge in [-0.1, -0.05) is 11.6 Å². The first-order valence-electron chi connectivity index (χ1n) is 6.69. The molecule has 1 unspecified atom stereocenters. The molecule has 2 heterocycles. The van der Waals surface area contributed by atoms with Gasteiger partial charge in [0.25, 0.3) is 5.91 Å². The maximum atomic E-state index is 12.2. The first-order valence-corrected chi connectivity index (χ1v) is 7.07. The zero-order valence-corrected chi connectivity index (χ0v) is 12.8. The van der Waals surface area contributed by atoms with Crippen molar-refractivity contribution >= 4 is 23.3 Å². The van der Waals surface area contributed by atoms with Crippen molar-refractivity contribution in [3.8, 4) is 0 Å². The van der Waals surface area contributed by atoms with Crippen LogP contribution in [0.5, 0.6) is 0 Å². The number of hydrogen-bond donors (Lipinski definition) is 2. The van der Waals surface area contributed by atoms with Gasteiger partial charge in [-0.05, 0) is 32.8 Å². The maximum absolute atomic E-state index is 12.2. The fraction of sp³-hybridized carbons (Fsp3) is 0.571. The standard InChI is InChI=1S/C14H20ClN3O2/c1-14(2)7-10(4-5-20-14)18-13(19)9-6-11(15)12(16-3)17-8-9/h6,8,10H,4-5,7H2,1-3H3,(H,16,17)(H,18,19). The van der Waals surface area contributed by atoms with Crippen LogP contribution in [0.2, 0.25) is 5.02 Å². The minimum Gasteiger partial charge on any atom is -0.375 e. The number of nitrogens with zero attached hydrogens (tertiary/aromatic N) is 1. The van der Waals surface area contributed by atoms with E-state index in [1.54, 1.807) is 13.1 Å². The van der Waals surface area contributed by atoms with Crippen LogP contribution in [0.4, 0.5) is 5.82 Å². The molecular weight excluding hydrogens is 278 g/mol. The Hall–Kier alpha value is -1.33. The summed E-state index contributed by atoms with van der Waals surface area (Å²) < 4.78 is 5.64. The van der Waals surface area contributed by atoms with Crippen molar-refractivity contribution in [2.45, 2.75) is 38.3 Å². The second kappa shape index (κ2) is 5.97. The lowest BCUT2D eigenvalue weighted by Gasteiger charge is -2.35. The highest BCUT2D eigenvalue weighted by Crippen LogP contribution is 2.24. The minimum atomic E-state index is -0.192. The van der Waals surface area contributed by atoms with E-state index >= 15 is 0 Å². The van der Waals surface area contributed by atoms with E-state index in [2.05, 4.69) is 15.6 Å². The first-order chi connectivity index (χ1) is 9.41. The zero-order valence-electron chi connectivity index (χ0n) is 12.0. The number of carbonyl (C=O) groups excluding carboxylic acids is 1. The molecule has 1 aromatic rings. The number of carbonyl (C=O) groups is 1. The van der Waals surface area contributed by atoms with Gasteiger partial charge in [0.2, 0.25) is 0 Å². The van der Waals surface area contributed by atoms with Gasteiger partial charge in [0.1, 0.15) is 5.82 Å². The van der Waals surface area contributed by atoms with E-state index < -0.39 is 0 Å². The number of ether oxygens (including phenoxy) is 1. The highest BCUT2D eigenvalue weighted by Gasteiger charge is 2.29. The number of hydrogen-bond acceptors (Lipinski definition) is 4. The van der Waals surface area contributed by atoms with Crippen LogP contribution < -0.4 is 10.6 Å². The lowest BCUT2D eigenvalue weighted by molar-refractivity contribution is -0.0615. The Morgan fingerprint density at radius 2 is 2.30 bits per heavy atom. The monoisotopic (exact) mass is 297 g/mol. The lowest BCUT2D eigenvalue weighted by Crippen LogP contribution is -2.45. The van der Waals surface area contributed by atoms with Gasteiger partial charge in [0, 0.05) is 25.9 Å². The van der Waals surface area contributed by atoms with Crippen LogP contribution in [0.3, 0.4) is 0 Å². The molecule has 5 nitrogen and oxygen atoms in total. The number of amides is 1. The molecule has 0 spiro atoms. The predicted molar refractivity (Wildman–Crippen MR) is 79.3 cm³/mol. The number of rotatable bonds is 3. The van der Waals surface area contributed by atoms with Crippen molar-refractivity contribution in [2.75, 3.05) is 19.0 Å². The quantitative estimate of drug-likeness (QED) is 0.899. The molecule has 6 heteroatoms. The van der Waals surface area contributed by atoms with E-state index in [-0.39, 0.29) is 17.6 Å². The second-order valence-electron chi connectivity index (χ2n) is 5.58. The van der Waals surface area contributed by atoms with Gasteiger partial charge in [0.05, 0.1) is 16.2 Å². The minimum absolute atomic E-state index is 0.119. The summed E-state index contributed by atoms with van der Waals surface area (Å²) in [6, 6.07) is 1.74. The predicted octanol–water partition coefficient (Wildman–Crippen LogP) is 2.46. The molecule has 0 bridgehead atoms.